The number of carbonyl (C=O) groups excluding carboxylic acids is 1. The van der Waals surface area contributed by atoms with Crippen molar-refractivity contribution in [2.24, 2.45) is 0 Å². The van der Waals surface area contributed by atoms with Crippen molar-refractivity contribution in [3.63, 3.8) is 0 Å². The Morgan fingerprint density at radius 3 is 2.60 bits per heavy atom. The van der Waals surface area contributed by atoms with Crippen LogP contribution >= 0.6 is 7.82 Å². The summed E-state index contributed by atoms with van der Waals surface area (Å²) in [6, 6.07) is 0. The van der Waals surface area contributed by atoms with Gasteiger partial charge in [-0.1, -0.05) is 0 Å². The summed E-state index contributed by atoms with van der Waals surface area (Å²) >= 11 is 0. The lowest BCUT2D eigenvalue weighted by Crippen LogP contribution is -2.16. The topological polar surface area (TPSA) is 95.9 Å². The van der Waals surface area contributed by atoms with Crippen molar-refractivity contribution < 1.29 is 23.7 Å². The van der Waals surface area contributed by atoms with Crippen LogP contribution in [0.4, 0.5) is 0 Å². The zero-order valence-electron chi connectivity index (χ0n) is 4.98. The largest absolute Gasteiger partial charge is 0.469 e. The first-order chi connectivity index (χ1) is 4.56. The van der Waals surface area contributed by atoms with Crippen LogP contribution in [0.3, 0.4) is 0 Å². The summed E-state index contributed by atoms with van der Waals surface area (Å²) in [5, 5.41) is 2.05. The van der Waals surface area contributed by atoms with Crippen LogP contribution in [0.15, 0.2) is 0 Å². The van der Waals surface area contributed by atoms with Gasteiger partial charge in [-0.05, 0) is 0 Å². The molecule has 0 rings (SSSR count). The molecule has 0 unspecified atom stereocenters. The highest BCUT2D eigenvalue weighted by atomic mass is 31.2. The Kier molecular flexibility index (Phi) is 4.22. The molecule has 7 heteroatoms. The predicted octanol–water partition coefficient (Wildman–Crippen LogP) is -1.25. The minimum Gasteiger partial charge on any atom is -0.346 e. The lowest BCUT2D eigenvalue weighted by Gasteiger charge is -2.02. The highest BCUT2D eigenvalue weighted by Gasteiger charge is 2.11. The Balaban J connectivity index is 3.20. The average molecular weight is 168 g/mol. The summed E-state index contributed by atoms with van der Waals surface area (Å²) in [5.41, 5.74) is 0. The molecule has 1 amide bonds. The van der Waals surface area contributed by atoms with Gasteiger partial charge in [0.05, 0.1) is 6.61 Å². The number of hydrogen-bond donors (Lipinski definition) is 3. The van der Waals surface area contributed by atoms with Crippen molar-refractivity contribution in [3.05, 3.63) is 0 Å². The van der Waals surface area contributed by atoms with E-state index in [-0.39, 0.29) is 13.2 Å². The quantitative estimate of drug-likeness (QED) is 0.271. The lowest BCUT2D eigenvalue weighted by molar-refractivity contribution is 0.200. The average Bonchev–Trinajstić information content (AvgIpc) is 1.78. The second-order valence-corrected chi connectivity index (χ2v) is 2.59. The number of nitrogens with one attached hydrogen (secondary N) is 1. The molecule has 0 aromatic rings. The Labute approximate surface area is 57.4 Å². The van der Waals surface area contributed by atoms with Gasteiger partial charge in [-0.2, -0.15) is 0 Å². The van der Waals surface area contributed by atoms with Gasteiger partial charge in [-0.15, -0.1) is 0 Å². The van der Waals surface area contributed by atoms with E-state index < -0.39 is 7.82 Å². The zero-order chi connectivity index (χ0) is 8.04. The van der Waals surface area contributed by atoms with Crippen molar-refractivity contribution in [2.75, 3.05) is 13.2 Å². The third kappa shape index (κ3) is 7.58. The highest BCUT2D eigenvalue weighted by Crippen LogP contribution is 2.34. The van der Waals surface area contributed by atoms with Gasteiger partial charge in [0.25, 0.3) is 0 Å². The van der Waals surface area contributed by atoms with Crippen LogP contribution in [0.2, 0.25) is 0 Å². The molecule has 10 heavy (non-hydrogen) atoms. The van der Waals surface area contributed by atoms with Crippen LogP contribution in [0.5, 0.6) is 0 Å². The van der Waals surface area contributed by atoms with Crippen molar-refractivity contribution >= 4 is 14.2 Å². The van der Waals surface area contributed by atoms with Crippen molar-refractivity contribution in [3.8, 4) is 0 Å². The maximum Gasteiger partial charge on any atom is 0.469 e. The summed E-state index contributed by atoms with van der Waals surface area (Å²) in [4.78, 5) is 25.6. The molecule has 0 aliphatic rings. The summed E-state index contributed by atoms with van der Waals surface area (Å²) in [7, 11) is -4.38. The summed E-state index contributed by atoms with van der Waals surface area (Å²) in [6.07, 6.45) is 1.32. The van der Waals surface area contributed by atoms with Gasteiger partial charge in [0.2, 0.25) is 0 Å². The molecule has 0 fully saturated rings. The van der Waals surface area contributed by atoms with E-state index in [1.54, 1.807) is 0 Å². The number of hydrogen-bond acceptors (Lipinski definition) is 3. The van der Waals surface area contributed by atoms with E-state index in [9.17, 15) is 9.36 Å². The fraction of sp³-hybridized carbons (Fsp3) is 0.667. The van der Waals surface area contributed by atoms with Gasteiger partial charge in [0.1, 0.15) is 0 Å². The minimum absolute atomic E-state index is 0.0363. The van der Waals surface area contributed by atoms with E-state index in [1.165, 1.54) is 6.41 Å². The van der Waals surface area contributed by atoms with Gasteiger partial charge in [-0.25, -0.2) is 4.57 Å². The molecule has 3 N–H and O–H groups in total. The van der Waals surface area contributed by atoms with E-state index >= 15 is 0 Å². The van der Waals surface area contributed by atoms with Gasteiger partial charge >= 0.3 is 14.2 Å². The lowest BCUT2D eigenvalue weighted by atomic mass is 10.7. The molecule has 0 aliphatic carbocycles. The number of amides is 1. The molecule has 6 nitrogen and oxygen atoms in total. The number of phosphoric acid groups is 1. The second kappa shape index (κ2) is 4.40. The molecule has 0 bridgehead atoms. The third-order valence-corrected chi connectivity index (χ3v) is 1.08. The molecule has 0 aromatic heterocycles. The Morgan fingerprint density at radius 2 is 2.20 bits per heavy atom. The summed E-state index contributed by atoms with van der Waals surface area (Å²) in [5.74, 6) is 0. The molecule has 0 saturated heterocycles. The van der Waals surface area contributed by atoms with E-state index in [4.69, 9.17) is 9.79 Å². The molecule has 0 atom stereocenters. The van der Waals surface area contributed by atoms with Crippen LogP contribution in [0.25, 0.3) is 0 Å². The smallest absolute Gasteiger partial charge is 0.346 e. The van der Waals surface area contributed by atoms with Crippen LogP contribution in [-0.2, 0) is 13.9 Å². The molecule has 0 saturated carbocycles. The SMILES string of the molecule is O=[C]NCCOP(=O)(O)O. The van der Waals surface area contributed by atoms with Crippen molar-refractivity contribution in [1.29, 1.82) is 0 Å². The van der Waals surface area contributed by atoms with Gasteiger partial charge in [0, 0.05) is 6.54 Å². The van der Waals surface area contributed by atoms with Gasteiger partial charge in [0.15, 0.2) is 0 Å². The predicted molar refractivity (Wildman–Crippen MR) is 31.7 cm³/mol. The molecular weight excluding hydrogens is 161 g/mol. The molecule has 0 spiro atoms. The molecule has 0 aliphatic heterocycles. The molecular formula is C3H7NO5P. The fourth-order valence-corrected chi connectivity index (χ4v) is 0.596. The monoisotopic (exact) mass is 168 g/mol. The van der Waals surface area contributed by atoms with Crippen LogP contribution in [0.1, 0.15) is 0 Å². The van der Waals surface area contributed by atoms with E-state index in [2.05, 4.69) is 4.52 Å². The van der Waals surface area contributed by atoms with E-state index in [0.29, 0.717) is 0 Å². The second-order valence-electron chi connectivity index (χ2n) is 1.35. The van der Waals surface area contributed by atoms with Crippen LogP contribution in [0, 0.1) is 0 Å². The maximum atomic E-state index is 9.94. The maximum absolute atomic E-state index is 9.94. The highest BCUT2D eigenvalue weighted by molar-refractivity contribution is 7.46. The van der Waals surface area contributed by atoms with Crippen molar-refractivity contribution in [1.82, 2.24) is 5.32 Å². The Morgan fingerprint density at radius 1 is 1.60 bits per heavy atom. The summed E-state index contributed by atoms with van der Waals surface area (Å²) in [6.45, 7) is -0.186. The number of phosphoric ester groups is 1. The minimum atomic E-state index is -4.38. The fourth-order valence-electron chi connectivity index (χ4n) is 0.267. The van der Waals surface area contributed by atoms with Crippen molar-refractivity contribution in [2.45, 2.75) is 0 Å². The van der Waals surface area contributed by atoms with Gasteiger partial charge in [-0.3, -0.25) is 9.32 Å². The standard InChI is InChI=1S/C3H7NO5P/c5-3-4-1-2-9-10(6,7)8/h1-2H2,(H,4,5)(H2,6,7,8). The Bertz CT molecular complexity index is 142. The van der Waals surface area contributed by atoms with E-state index in [1.807, 2.05) is 5.32 Å². The third-order valence-electron chi connectivity index (χ3n) is 0.559. The first kappa shape index (κ1) is 9.58. The Hall–Kier alpha value is -0.420. The van der Waals surface area contributed by atoms with E-state index in [0.717, 1.165) is 0 Å². The molecule has 0 heterocycles. The first-order valence-corrected chi connectivity index (χ1v) is 3.89. The zero-order valence-corrected chi connectivity index (χ0v) is 5.88. The number of rotatable bonds is 5. The normalized spacial score (nSPS) is 11.0. The first-order valence-electron chi connectivity index (χ1n) is 2.36. The molecule has 1 radical (unpaired) electrons. The van der Waals surface area contributed by atoms with Gasteiger partial charge < -0.3 is 15.1 Å². The molecule has 59 valence electrons. The molecule has 0 aromatic carbocycles. The summed E-state index contributed by atoms with van der Waals surface area (Å²) < 4.78 is 13.9. The van der Waals surface area contributed by atoms with Crippen LogP contribution in [-0.4, -0.2) is 29.3 Å². The van der Waals surface area contributed by atoms with Crippen LogP contribution < -0.4 is 5.32 Å².